The largest absolute Gasteiger partial charge is 0.491 e. The van der Waals surface area contributed by atoms with Gasteiger partial charge in [-0.2, -0.15) is 0 Å². The first kappa shape index (κ1) is 21.3. The van der Waals surface area contributed by atoms with Crippen molar-refractivity contribution < 1.29 is 14.3 Å². The second kappa shape index (κ2) is 9.03. The molecular weight excluding hydrogens is 410 g/mol. The Kier molecular flexibility index (Phi) is 6.19. The van der Waals surface area contributed by atoms with Gasteiger partial charge < -0.3 is 14.4 Å². The minimum Gasteiger partial charge on any atom is -0.491 e. The second-order valence-electron chi connectivity index (χ2n) is 8.09. The molecule has 0 aliphatic carbocycles. The lowest BCUT2D eigenvalue weighted by Gasteiger charge is -2.27. The molecule has 2 unspecified atom stereocenters. The van der Waals surface area contributed by atoms with Gasteiger partial charge in [0, 0.05) is 23.7 Å². The van der Waals surface area contributed by atoms with Crippen LogP contribution < -0.4 is 9.64 Å². The van der Waals surface area contributed by atoms with Crippen molar-refractivity contribution in [1.29, 1.82) is 0 Å². The van der Waals surface area contributed by atoms with E-state index in [4.69, 9.17) is 21.1 Å². The summed E-state index contributed by atoms with van der Waals surface area (Å²) in [5.74, 6) is 0.496. The average molecular weight is 436 g/mol. The third-order valence-electron chi connectivity index (χ3n) is 5.75. The molecule has 4 nitrogen and oxygen atoms in total. The van der Waals surface area contributed by atoms with Crippen LogP contribution in [0.1, 0.15) is 33.0 Å². The van der Waals surface area contributed by atoms with Crippen LogP contribution in [0.3, 0.4) is 0 Å². The van der Waals surface area contributed by atoms with Gasteiger partial charge in [-0.25, -0.2) is 4.79 Å². The van der Waals surface area contributed by atoms with Crippen LogP contribution >= 0.6 is 11.6 Å². The maximum Gasteiger partial charge on any atom is 0.338 e. The van der Waals surface area contributed by atoms with Crippen molar-refractivity contribution in [1.82, 2.24) is 0 Å². The molecule has 3 aromatic rings. The molecule has 31 heavy (non-hydrogen) atoms. The number of aryl methyl sites for hydroxylation is 2. The van der Waals surface area contributed by atoms with Crippen LogP contribution in [-0.4, -0.2) is 32.3 Å². The summed E-state index contributed by atoms with van der Waals surface area (Å²) in [6, 6.07) is 21.3. The van der Waals surface area contributed by atoms with E-state index in [1.54, 1.807) is 24.3 Å². The molecule has 0 amide bonds. The zero-order valence-corrected chi connectivity index (χ0v) is 18.7. The molecule has 0 saturated heterocycles. The Morgan fingerprint density at radius 1 is 0.968 bits per heavy atom. The second-order valence-corrected chi connectivity index (χ2v) is 8.52. The molecular formula is C26H26ClNO3. The lowest BCUT2D eigenvalue weighted by atomic mass is 9.96. The zero-order valence-electron chi connectivity index (χ0n) is 18.0. The predicted octanol–water partition coefficient (Wildman–Crippen LogP) is 5.79. The van der Waals surface area contributed by atoms with Gasteiger partial charge in [-0.1, -0.05) is 41.9 Å². The highest BCUT2D eigenvalue weighted by atomic mass is 35.5. The number of esters is 1. The van der Waals surface area contributed by atoms with Crippen LogP contribution in [0, 0.1) is 13.8 Å². The van der Waals surface area contributed by atoms with E-state index in [1.165, 1.54) is 11.1 Å². The van der Waals surface area contributed by atoms with Crippen LogP contribution in [0.2, 0.25) is 5.02 Å². The Labute approximate surface area is 188 Å². The maximum absolute atomic E-state index is 12.6. The summed E-state index contributed by atoms with van der Waals surface area (Å²) in [5.41, 5.74) is 5.10. The normalized spacial score (nSPS) is 17.4. The molecule has 160 valence electrons. The zero-order chi connectivity index (χ0) is 22.0. The van der Waals surface area contributed by atoms with Gasteiger partial charge in [-0.15, -0.1) is 0 Å². The highest BCUT2D eigenvalue weighted by Gasteiger charge is 2.37. The number of hydrogen-bond donors (Lipinski definition) is 0. The van der Waals surface area contributed by atoms with Crippen LogP contribution in [0.5, 0.6) is 5.75 Å². The fourth-order valence-corrected chi connectivity index (χ4v) is 4.46. The van der Waals surface area contributed by atoms with E-state index < -0.39 is 0 Å². The molecule has 1 heterocycles. The van der Waals surface area contributed by atoms with Crippen LogP contribution in [0.15, 0.2) is 66.7 Å². The van der Waals surface area contributed by atoms with Gasteiger partial charge >= 0.3 is 5.97 Å². The first-order valence-corrected chi connectivity index (χ1v) is 10.8. The topological polar surface area (TPSA) is 38.8 Å². The fraction of sp³-hybridized carbons (Fsp3) is 0.269. The van der Waals surface area contributed by atoms with E-state index in [0.717, 1.165) is 17.0 Å². The van der Waals surface area contributed by atoms with E-state index in [9.17, 15) is 4.79 Å². The summed E-state index contributed by atoms with van der Waals surface area (Å²) in [7, 11) is 2.06. The minimum absolute atomic E-state index is 0.00948. The van der Waals surface area contributed by atoms with Gasteiger partial charge in [0.25, 0.3) is 0 Å². The lowest BCUT2D eigenvalue weighted by Crippen LogP contribution is -2.38. The summed E-state index contributed by atoms with van der Waals surface area (Å²) in [6.45, 7) is 4.89. The Bertz CT molecular complexity index is 1080. The molecule has 0 bridgehead atoms. The molecule has 1 aliphatic rings. The Morgan fingerprint density at radius 3 is 2.45 bits per heavy atom. The molecule has 1 aliphatic heterocycles. The van der Waals surface area contributed by atoms with Gasteiger partial charge in [0.1, 0.15) is 19.0 Å². The van der Waals surface area contributed by atoms with Crippen LogP contribution in [-0.2, 0) is 4.74 Å². The summed E-state index contributed by atoms with van der Waals surface area (Å²) < 4.78 is 11.9. The van der Waals surface area contributed by atoms with Crippen LogP contribution in [0.4, 0.5) is 5.69 Å². The van der Waals surface area contributed by atoms with E-state index in [1.807, 2.05) is 24.3 Å². The summed E-state index contributed by atoms with van der Waals surface area (Å²) in [4.78, 5) is 14.8. The molecule has 0 radical (unpaired) electrons. The molecule has 3 aromatic carbocycles. The standard InChI is InChI=1S/C26H26ClNO3/c1-17-11-18(2)13-21(12-17)30-16-25-23(22-9-4-5-10-24(22)28(25)3)15-31-26(29)19-7-6-8-20(27)14-19/h4-14,23,25H,15-16H2,1-3H3. The predicted molar refractivity (Wildman–Crippen MR) is 125 cm³/mol. The summed E-state index contributed by atoms with van der Waals surface area (Å²) >= 11 is 6.02. The van der Waals surface area contributed by atoms with E-state index >= 15 is 0 Å². The SMILES string of the molecule is Cc1cc(C)cc(OCC2C(COC(=O)c3cccc(Cl)c3)c3ccccc3N2C)c1. The molecule has 0 saturated carbocycles. The van der Waals surface area contributed by atoms with Crippen molar-refractivity contribution in [2.45, 2.75) is 25.8 Å². The highest BCUT2D eigenvalue weighted by Crippen LogP contribution is 2.40. The number of benzene rings is 3. The first-order chi connectivity index (χ1) is 14.9. The molecule has 5 heteroatoms. The molecule has 4 rings (SSSR count). The molecule has 0 aromatic heterocycles. The highest BCUT2D eigenvalue weighted by molar-refractivity contribution is 6.30. The van der Waals surface area contributed by atoms with Crippen molar-refractivity contribution >= 4 is 23.3 Å². The Morgan fingerprint density at radius 2 is 1.71 bits per heavy atom. The third-order valence-corrected chi connectivity index (χ3v) is 5.98. The molecule has 0 N–H and O–H groups in total. The molecule has 0 fully saturated rings. The Hall–Kier alpha value is -2.98. The van der Waals surface area contributed by atoms with Crippen molar-refractivity contribution in [3.63, 3.8) is 0 Å². The third kappa shape index (κ3) is 4.70. The van der Waals surface area contributed by atoms with E-state index in [-0.39, 0.29) is 24.5 Å². The Balaban J connectivity index is 1.51. The van der Waals surface area contributed by atoms with Crippen molar-refractivity contribution in [3.8, 4) is 5.75 Å². The van der Waals surface area contributed by atoms with E-state index in [2.05, 4.69) is 44.0 Å². The average Bonchev–Trinajstić information content (AvgIpc) is 3.01. The maximum atomic E-state index is 12.6. The van der Waals surface area contributed by atoms with Crippen molar-refractivity contribution in [2.24, 2.45) is 0 Å². The quantitative estimate of drug-likeness (QED) is 0.459. The smallest absolute Gasteiger partial charge is 0.338 e. The first-order valence-electron chi connectivity index (χ1n) is 10.4. The van der Waals surface area contributed by atoms with Crippen LogP contribution in [0.25, 0.3) is 0 Å². The minimum atomic E-state index is -0.372. The number of fused-ring (bicyclic) bond motifs is 1. The van der Waals surface area contributed by atoms with E-state index in [0.29, 0.717) is 17.2 Å². The number of nitrogens with zero attached hydrogens (tertiary/aromatic N) is 1. The lowest BCUT2D eigenvalue weighted by molar-refractivity contribution is 0.0464. The number of anilines is 1. The van der Waals surface area contributed by atoms with Gasteiger partial charge in [-0.3, -0.25) is 0 Å². The summed E-state index contributed by atoms with van der Waals surface area (Å²) in [5, 5.41) is 0.514. The fourth-order valence-electron chi connectivity index (χ4n) is 4.27. The number of para-hydroxylation sites is 1. The van der Waals surface area contributed by atoms with Gasteiger partial charge in [0.05, 0.1) is 11.6 Å². The van der Waals surface area contributed by atoms with Gasteiger partial charge in [0.15, 0.2) is 0 Å². The monoisotopic (exact) mass is 435 g/mol. The molecule has 2 atom stereocenters. The molecule has 0 spiro atoms. The number of rotatable bonds is 6. The number of carbonyl (C=O) groups is 1. The van der Waals surface area contributed by atoms with Gasteiger partial charge in [-0.05, 0) is 66.9 Å². The van der Waals surface area contributed by atoms with Crippen molar-refractivity contribution in [3.05, 3.63) is 94.0 Å². The number of ether oxygens (including phenoxy) is 2. The summed E-state index contributed by atoms with van der Waals surface area (Å²) in [6.07, 6.45) is 0. The van der Waals surface area contributed by atoms with Gasteiger partial charge in [0.2, 0.25) is 0 Å². The number of likely N-dealkylation sites (N-methyl/N-ethyl adjacent to an activating group) is 1. The number of halogens is 1. The van der Waals surface area contributed by atoms with Crippen molar-refractivity contribution in [2.75, 3.05) is 25.2 Å². The number of hydrogen-bond acceptors (Lipinski definition) is 4. The number of carbonyl (C=O) groups excluding carboxylic acids is 1.